The summed E-state index contributed by atoms with van der Waals surface area (Å²) in [6, 6.07) is 12.3. The van der Waals surface area contributed by atoms with Crippen molar-refractivity contribution in [3.8, 4) is 5.75 Å². The monoisotopic (exact) mass is 545 g/mol. The number of rotatable bonds is 14. The predicted octanol–water partition coefficient (Wildman–Crippen LogP) is 4.44. The van der Waals surface area contributed by atoms with E-state index in [0.29, 0.717) is 30.8 Å². The van der Waals surface area contributed by atoms with Gasteiger partial charge in [0, 0.05) is 26.1 Å². The van der Waals surface area contributed by atoms with E-state index in [4.69, 9.17) is 4.74 Å². The lowest BCUT2D eigenvalue weighted by molar-refractivity contribution is -0.141. The smallest absolute Gasteiger partial charge is 0.242 e. The molecular weight excluding hydrogens is 502 g/mol. The van der Waals surface area contributed by atoms with Gasteiger partial charge in [-0.2, -0.15) is 0 Å². The van der Waals surface area contributed by atoms with E-state index in [2.05, 4.69) is 5.32 Å². The van der Waals surface area contributed by atoms with Crippen molar-refractivity contribution in [3.05, 3.63) is 59.2 Å². The first-order valence-electron chi connectivity index (χ1n) is 13.1. The van der Waals surface area contributed by atoms with Crippen LogP contribution in [-0.4, -0.2) is 57.6 Å². The molecule has 8 nitrogen and oxygen atoms in total. The van der Waals surface area contributed by atoms with Gasteiger partial charge in [-0.05, 0) is 67.5 Å². The Kier molecular flexibility index (Phi) is 11.6. The fraction of sp³-hybridized carbons (Fsp3) is 0.517. The summed E-state index contributed by atoms with van der Waals surface area (Å²) in [5.41, 5.74) is 3.38. The van der Waals surface area contributed by atoms with Gasteiger partial charge in [-0.3, -0.25) is 13.9 Å². The highest BCUT2D eigenvalue weighted by atomic mass is 32.2. The molecule has 2 rings (SSSR count). The van der Waals surface area contributed by atoms with Gasteiger partial charge in [0.25, 0.3) is 0 Å². The molecule has 1 atom stereocenters. The van der Waals surface area contributed by atoms with E-state index >= 15 is 0 Å². The number of hydrogen-bond acceptors (Lipinski definition) is 5. The molecule has 210 valence electrons. The molecule has 0 saturated heterocycles. The molecule has 0 aliphatic heterocycles. The number of nitrogens with zero attached hydrogens (tertiary/aromatic N) is 2. The van der Waals surface area contributed by atoms with E-state index in [9.17, 15) is 18.0 Å². The average Bonchev–Trinajstić information content (AvgIpc) is 2.86. The summed E-state index contributed by atoms with van der Waals surface area (Å²) in [5.74, 6) is 0.618. The largest absolute Gasteiger partial charge is 0.497 e. The van der Waals surface area contributed by atoms with Crippen molar-refractivity contribution in [2.45, 2.75) is 66.5 Å². The standard InChI is InChI=1S/C29H43N3O5S/c1-8-26(29(34)30-19-21(2)3)31(20-24-14-16-25(37-6)17-15-24)28(33)13-10-18-32(38(7,35)36)27-12-9-11-22(4)23(27)5/h9,11-12,14-17,21,26H,8,10,13,18-20H2,1-7H3,(H,30,34). The summed E-state index contributed by atoms with van der Waals surface area (Å²) in [4.78, 5) is 28.2. The van der Waals surface area contributed by atoms with E-state index in [1.165, 1.54) is 10.6 Å². The molecule has 0 fully saturated rings. The topological polar surface area (TPSA) is 96.0 Å². The summed E-state index contributed by atoms with van der Waals surface area (Å²) in [5, 5.41) is 2.96. The Balaban J connectivity index is 2.25. The Bertz CT molecular complexity index is 1180. The third-order valence-electron chi connectivity index (χ3n) is 6.58. The van der Waals surface area contributed by atoms with E-state index in [1.807, 2.05) is 71.0 Å². The number of anilines is 1. The van der Waals surface area contributed by atoms with Gasteiger partial charge in [-0.1, -0.05) is 45.0 Å². The molecule has 0 heterocycles. The van der Waals surface area contributed by atoms with Gasteiger partial charge in [-0.25, -0.2) is 8.42 Å². The molecule has 0 aromatic heterocycles. The lowest BCUT2D eigenvalue weighted by Crippen LogP contribution is -2.49. The second-order valence-corrected chi connectivity index (χ2v) is 12.0. The maximum absolute atomic E-state index is 13.6. The number of ether oxygens (including phenoxy) is 1. The second-order valence-electron chi connectivity index (χ2n) is 10.1. The van der Waals surface area contributed by atoms with Gasteiger partial charge in [0.2, 0.25) is 21.8 Å². The maximum Gasteiger partial charge on any atom is 0.242 e. The van der Waals surface area contributed by atoms with Crippen molar-refractivity contribution < 1.29 is 22.7 Å². The molecule has 2 aromatic rings. The molecule has 0 aliphatic rings. The quantitative estimate of drug-likeness (QED) is 0.379. The molecule has 1 unspecified atom stereocenters. The lowest BCUT2D eigenvalue weighted by atomic mass is 10.1. The highest BCUT2D eigenvalue weighted by Crippen LogP contribution is 2.26. The fourth-order valence-electron chi connectivity index (χ4n) is 4.26. The number of methoxy groups -OCH3 is 1. The molecule has 1 N–H and O–H groups in total. The van der Waals surface area contributed by atoms with E-state index in [0.717, 1.165) is 16.7 Å². The van der Waals surface area contributed by atoms with Crippen LogP contribution in [0, 0.1) is 19.8 Å². The van der Waals surface area contributed by atoms with Gasteiger partial charge in [-0.15, -0.1) is 0 Å². The van der Waals surface area contributed by atoms with Gasteiger partial charge in [0.05, 0.1) is 19.1 Å². The second kappa shape index (κ2) is 14.2. The molecule has 0 aliphatic carbocycles. The summed E-state index contributed by atoms with van der Waals surface area (Å²) in [6.45, 7) is 10.7. The summed E-state index contributed by atoms with van der Waals surface area (Å²) >= 11 is 0. The zero-order chi connectivity index (χ0) is 28.5. The van der Waals surface area contributed by atoms with Crippen molar-refractivity contribution in [3.63, 3.8) is 0 Å². The van der Waals surface area contributed by atoms with Crippen LogP contribution in [0.25, 0.3) is 0 Å². The van der Waals surface area contributed by atoms with Gasteiger partial charge >= 0.3 is 0 Å². The molecule has 2 amide bonds. The van der Waals surface area contributed by atoms with Crippen LogP contribution in [0.1, 0.15) is 56.7 Å². The van der Waals surface area contributed by atoms with Crippen LogP contribution in [0.15, 0.2) is 42.5 Å². The third-order valence-corrected chi connectivity index (χ3v) is 7.76. The van der Waals surface area contributed by atoms with Crippen molar-refractivity contribution >= 4 is 27.5 Å². The summed E-state index contributed by atoms with van der Waals surface area (Å²) in [6.07, 6.45) is 2.08. The van der Waals surface area contributed by atoms with Crippen molar-refractivity contribution in [2.24, 2.45) is 5.92 Å². The minimum Gasteiger partial charge on any atom is -0.497 e. The van der Waals surface area contributed by atoms with Crippen LogP contribution in [0.5, 0.6) is 5.75 Å². The van der Waals surface area contributed by atoms with Crippen LogP contribution in [0.4, 0.5) is 5.69 Å². The Morgan fingerprint density at radius 3 is 2.26 bits per heavy atom. The van der Waals surface area contributed by atoms with Crippen LogP contribution >= 0.6 is 0 Å². The number of amides is 2. The Morgan fingerprint density at radius 1 is 1.05 bits per heavy atom. The number of hydrogen-bond donors (Lipinski definition) is 1. The number of nitrogens with one attached hydrogen (secondary N) is 1. The molecule has 2 aromatic carbocycles. The average molecular weight is 546 g/mol. The third kappa shape index (κ3) is 8.75. The molecule has 0 bridgehead atoms. The highest BCUT2D eigenvalue weighted by Gasteiger charge is 2.29. The van der Waals surface area contributed by atoms with Crippen LogP contribution < -0.4 is 14.4 Å². The highest BCUT2D eigenvalue weighted by molar-refractivity contribution is 7.92. The summed E-state index contributed by atoms with van der Waals surface area (Å²) < 4.78 is 31.9. The lowest BCUT2D eigenvalue weighted by Gasteiger charge is -2.31. The SMILES string of the molecule is CCC(C(=O)NCC(C)C)N(Cc1ccc(OC)cc1)C(=O)CCCN(c1cccc(C)c1C)S(C)(=O)=O. The normalized spacial score (nSPS) is 12.2. The molecule has 0 radical (unpaired) electrons. The zero-order valence-corrected chi connectivity index (χ0v) is 24.6. The van der Waals surface area contributed by atoms with Gasteiger partial charge in [0.1, 0.15) is 11.8 Å². The molecule has 0 spiro atoms. The number of carbonyl (C=O) groups excluding carboxylic acids is 2. The first-order chi connectivity index (χ1) is 17.9. The van der Waals surface area contributed by atoms with E-state index in [1.54, 1.807) is 18.1 Å². The van der Waals surface area contributed by atoms with E-state index < -0.39 is 16.1 Å². The minimum absolute atomic E-state index is 0.112. The van der Waals surface area contributed by atoms with Crippen molar-refractivity contribution in [2.75, 3.05) is 30.8 Å². The molecular formula is C29H43N3O5S. The first kappa shape index (κ1) is 31.1. The predicted molar refractivity (Wildman–Crippen MR) is 153 cm³/mol. The van der Waals surface area contributed by atoms with Crippen LogP contribution in [0.3, 0.4) is 0 Å². The molecule has 9 heteroatoms. The van der Waals surface area contributed by atoms with E-state index in [-0.39, 0.29) is 37.2 Å². The van der Waals surface area contributed by atoms with Gasteiger partial charge < -0.3 is 15.0 Å². The molecule has 0 saturated carbocycles. The molecule has 38 heavy (non-hydrogen) atoms. The Labute approximate surface area is 228 Å². The summed E-state index contributed by atoms with van der Waals surface area (Å²) in [7, 11) is -1.96. The Hall–Kier alpha value is -3.07. The number of carbonyl (C=O) groups is 2. The first-order valence-corrected chi connectivity index (χ1v) is 15.0. The minimum atomic E-state index is -3.55. The van der Waals surface area contributed by atoms with Crippen LogP contribution in [0.2, 0.25) is 0 Å². The van der Waals surface area contributed by atoms with Crippen LogP contribution in [-0.2, 0) is 26.2 Å². The maximum atomic E-state index is 13.6. The van der Waals surface area contributed by atoms with Gasteiger partial charge in [0.15, 0.2) is 0 Å². The zero-order valence-electron chi connectivity index (χ0n) is 23.8. The number of aryl methyl sites for hydroxylation is 1. The number of sulfonamides is 1. The van der Waals surface area contributed by atoms with Crippen molar-refractivity contribution in [1.82, 2.24) is 10.2 Å². The fourth-order valence-corrected chi connectivity index (χ4v) is 5.27. The number of benzene rings is 2. The Morgan fingerprint density at radius 2 is 1.71 bits per heavy atom. The van der Waals surface area contributed by atoms with Crippen molar-refractivity contribution in [1.29, 1.82) is 0 Å².